The predicted octanol–water partition coefficient (Wildman–Crippen LogP) is 1.90. The molecule has 6 heteroatoms. The Balaban J connectivity index is 2.40. The standard InChI is InChI=1S/C16H31NO5/c1-15(2)11-13(18)12-16(3,4)17(15)8-7-14(19)21-9-6-10-22-20-5/h13,18H,6-12H2,1-5H3. The summed E-state index contributed by atoms with van der Waals surface area (Å²) in [5, 5.41) is 10.0. The summed E-state index contributed by atoms with van der Waals surface area (Å²) >= 11 is 0. The van der Waals surface area contributed by atoms with E-state index < -0.39 is 0 Å². The van der Waals surface area contributed by atoms with Crippen molar-refractivity contribution in [2.24, 2.45) is 0 Å². The molecule has 0 aromatic carbocycles. The van der Waals surface area contributed by atoms with Gasteiger partial charge in [0, 0.05) is 24.0 Å². The number of nitrogens with zero attached hydrogens (tertiary/aromatic N) is 1. The lowest BCUT2D eigenvalue weighted by molar-refractivity contribution is -0.273. The molecule has 1 fully saturated rings. The van der Waals surface area contributed by atoms with Crippen LogP contribution in [0, 0.1) is 0 Å². The number of rotatable bonds is 8. The van der Waals surface area contributed by atoms with Crippen molar-refractivity contribution in [3.05, 3.63) is 0 Å². The molecule has 0 spiro atoms. The van der Waals surface area contributed by atoms with Gasteiger partial charge in [-0.25, -0.2) is 9.78 Å². The molecule has 1 aliphatic rings. The van der Waals surface area contributed by atoms with Gasteiger partial charge in [-0.05, 0) is 40.5 Å². The molecule has 0 bridgehead atoms. The maximum absolute atomic E-state index is 11.8. The molecule has 0 saturated carbocycles. The minimum absolute atomic E-state index is 0.131. The molecule has 0 unspecified atom stereocenters. The second-order valence-electron chi connectivity index (χ2n) is 7.15. The first-order valence-corrected chi connectivity index (χ1v) is 7.96. The Morgan fingerprint density at radius 1 is 1.18 bits per heavy atom. The first-order chi connectivity index (χ1) is 10.2. The second kappa shape index (κ2) is 8.24. The van der Waals surface area contributed by atoms with Crippen LogP contribution in [0.3, 0.4) is 0 Å². The molecule has 1 N–H and O–H groups in total. The minimum atomic E-state index is -0.283. The highest BCUT2D eigenvalue weighted by molar-refractivity contribution is 5.69. The largest absolute Gasteiger partial charge is 0.466 e. The van der Waals surface area contributed by atoms with Gasteiger partial charge in [0.25, 0.3) is 0 Å². The molecule has 1 aliphatic heterocycles. The minimum Gasteiger partial charge on any atom is -0.466 e. The van der Waals surface area contributed by atoms with Gasteiger partial charge in [-0.3, -0.25) is 9.69 Å². The van der Waals surface area contributed by atoms with Crippen LogP contribution in [0.4, 0.5) is 0 Å². The lowest BCUT2D eigenvalue weighted by Gasteiger charge is -2.54. The maximum atomic E-state index is 11.8. The summed E-state index contributed by atoms with van der Waals surface area (Å²) in [7, 11) is 1.45. The van der Waals surface area contributed by atoms with Crippen molar-refractivity contribution in [2.45, 2.75) is 70.6 Å². The van der Waals surface area contributed by atoms with E-state index in [4.69, 9.17) is 9.62 Å². The molecule has 0 atom stereocenters. The zero-order chi connectivity index (χ0) is 16.8. The van der Waals surface area contributed by atoms with Crippen molar-refractivity contribution >= 4 is 5.97 Å². The van der Waals surface area contributed by atoms with E-state index in [0.717, 1.165) is 12.8 Å². The van der Waals surface area contributed by atoms with Gasteiger partial charge < -0.3 is 9.84 Å². The lowest BCUT2D eigenvalue weighted by atomic mass is 9.78. The molecule has 130 valence electrons. The highest BCUT2D eigenvalue weighted by Gasteiger charge is 2.44. The van der Waals surface area contributed by atoms with Crippen molar-refractivity contribution in [1.29, 1.82) is 0 Å². The van der Waals surface area contributed by atoms with Gasteiger partial charge in [-0.2, -0.15) is 0 Å². The van der Waals surface area contributed by atoms with Gasteiger partial charge in [0.2, 0.25) is 0 Å². The Morgan fingerprint density at radius 3 is 2.32 bits per heavy atom. The van der Waals surface area contributed by atoms with Crippen LogP contribution in [0.5, 0.6) is 0 Å². The number of hydrogen-bond acceptors (Lipinski definition) is 6. The second-order valence-corrected chi connectivity index (χ2v) is 7.15. The number of aliphatic hydroxyl groups is 1. The zero-order valence-electron chi connectivity index (χ0n) is 14.6. The van der Waals surface area contributed by atoms with E-state index in [1.54, 1.807) is 0 Å². The monoisotopic (exact) mass is 317 g/mol. The fraction of sp³-hybridized carbons (Fsp3) is 0.938. The number of piperidine rings is 1. The summed E-state index contributed by atoms with van der Waals surface area (Å²) in [5.41, 5.74) is -0.262. The number of carbonyl (C=O) groups is 1. The van der Waals surface area contributed by atoms with Gasteiger partial charge >= 0.3 is 5.97 Å². The fourth-order valence-electron chi connectivity index (χ4n) is 3.53. The first-order valence-electron chi connectivity index (χ1n) is 7.96. The van der Waals surface area contributed by atoms with Crippen molar-refractivity contribution in [3.63, 3.8) is 0 Å². The van der Waals surface area contributed by atoms with Crippen LogP contribution in [-0.4, -0.2) is 60.0 Å². The number of ether oxygens (including phenoxy) is 1. The van der Waals surface area contributed by atoms with E-state index in [1.807, 2.05) is 0 Å². The normalized spacial score (nSPS) is 21.7. The molecule has 1 heterocycles. The third kappa shape index (κ3) is 5.83. The summed E-state index contributed by atoms with van der Waals surface area (Å²) in [4.78, 5) is 23.3. The van der Waals surface area contributed by atoms with Crippen LogP contribution in [0.25, 0.3) is 0 Å². The Hall–Kier alpha value is -0.690. The van der Waals surface area contributed by atoms with Crippen LogP contribution < -0.4 is 0 Å². The quantitative estimate of drug-likeness (QED) is 0.319. The van der Waals surface area contributed by atoms with Crippen LogP contribution in [-0.2, 0) is 19.3 Å². The molecule has 0 aromatic heterocycles. The molecule has 0 amide bonds. The Kier molecular flexibility index (Phi) is 7.25. The summed E-state index contributed by atoms with van der Waals surface area (Å²) in [6.45, 7) is 9.85. The van der Waals surface area contributed by atoms with Gasteiger partial charge in [-0.15, -0.1) is 0 Å². The number of likely N-dealkylation sites (tertiary alicyclic amines) is 1. The average molecular weight is 317 g/mol. The van der Waals surface area contributed by atoms with Gasteiger partial charge in [0.1, 0.15) is 0 Å². The summed E-state index contributed by atoms with van der Waals surface area (Å²) in [6.07, 6.45) is 2.13. The van der Waals surface area contributed by atoms with Gasteiger partial charge in [0.15, 0.2) is 0 Å². The smallest absolute Gasteiger partial charge is 0.307 e. The molecule has 1 rings (SSSR count). The van der Waals surface area contributed by atoms with Crippen LogP contribution >= 0.6 is 0 Å². The number of carbonyl (C=O) groups excluding carboxylic acids is 1. The van der Waals surface area contributed by atoms with E-state index in [1.165, 1.54) is 7.11 Å². The molecular formula is C16H31NO5. The van der Waals surface area contributed by atoms with E-state index in [-0.39, 0.29) is 23.2 Å². The average Bonchev–Trinajstić information content (AvgIpc) is 2.35. The molecule has 6 nitrogen and oxygen atoms in total. The molecule has 0 aromatic rings. The molecule has 0 radical (unpaired) electrons. The number of esters is 1. The topological polar surface area (TPSA) is 68.2 Å². The third-order valence-electron chi connectivity index (χ3n) is 4.22. The van der Waals surface area contributed by atoms with E-state index in [0.29, 0.717) is 32.6 Å². The summed E-state index contributed by atoms with van der Waals surface area (Å²) in [5.74, 6) is -0.199. The van der Waals surface area contributed by atoms with Crippen LogP contribution in [0.2, 0.25) is 0 Å². The van der Waals surface area contributed by atoms with Crippen molar-refractivity contribution < 1.29 is 24.4 Å². The molecule has 1 saturated heterocycles. The maximum Gasteiger partial charge on any atom is 0.307 e. The van der Waals surface area contributed by atoms with Crippen LogP contribution in [0.1, 0.15) is 53.4 Å². The predicted molar refractivity (Wildman–Crippen MR) is 83.3 cm³/mol. The highest BCUT2D eigenvalue weighted by Crippen LogP contribution is 2.38. The van der Waals surface area contributed by atoms with Gasteiger partial charge in [0.05, 0.1) is 32.8 Å². The molecule has 0 aliphatic carbocycles. The Morgan fingerprint density at radius 2 is 1.77 bits per heavy atom. The van der Waals surface area contributed by atoms with E-state index in [2.05, 4.69) is 37.5 Å². The third-order valence-corrected chi connectivity index (χ3v) is 4.22. The lowest BCUT2D eigenvalue weighted by Crippen LogP contribution is -2.62. The fourth-order valence-corrected chi connectivity index (χ4v) is 3.53. The molecule has 22 heavy (non-hydrogen) atoms. The van der Waals surface area contributed by atoms with Crippen molar-refractivity contribution in [3.8, 4) is 0 Å². The van der Waals surface area contributed by atoms with E-state index in [9.17, 15) is 9.90 Å². The molecular weight excluding hydrogens is 286 g/mol. The van der Waals surface area contributed by atoms with E-state index >= 15 is 0 Å². The van der Waals surface area contributed by atoms with Crippen molar-refractivity contribution in [1.82, 2.24) is 4.90 Å². The number of aliphatic hydroxyl groups excluding tert-OH is 1. The number of hydrogen-bond donors (Lipinski definition) is 1. The Bertz CT molecular complexity index is 338. The van der Waals surface area contributed by atoms with Gasteiger partial charge in [-0.1, -0.05) is 0 Å². The van der Waals surface area contributed by atoms with Crippen molar-refractivity contribution in [2.75, 3.05) is 26.9 Å². The first kappa shape index (κ1) is 19.4. The Labute approximate surface area is 133 Å². The highest BCUT2D eigenvalue weighted by atomic mass is 17.2. The summed E-state index contributed by atoms with van der Waals surface area (Å²) < 4.78 is 5.19. The zero-order valence-corrected chi connectivity index (χ0v) is 14.6. The SMILES string of the molecule is COOCCCOC(=O)CCN1C(C)(C)CC(O)CC1(C)C. The van der Waals surface area contributed by atoms with Crippen LogP contribution in [0.15, 0.2) is 0 Å². The summed E-state index contributed by atoms with van der Waals surface area (Å²) in [6, 6.07) is 0.